The van der Waals surface area contributed by atoms with Crippen molar-refractivity contribution < 1.29 is 4.39 Å². The van der Waals surface area contributed by atoms with Crippen molar-refractivity contribution in [2.24, 2.45) is 0 Å². The Morgan fingerprint density at radius 3 is 2.42 bits per heavy atom. The second kappa shape index (κ2) is 4.67. The first-order valence-electron chi connectivity index (χ1n) is 6.43. The van der Waals surface area contributed by atoms with Crippen molar-refractivity contribution in [1.82, 2.24) is 4.90 Å². The first-order chi connectivity index (χ1) is 9.16. The molecule has 0 spiro atoms. The highest BCUT2D eigenvalue weighted by Gasteiger charge is 2.28. The van der Waals surface area contributed by atoms with Crippen LogP contribution in [0.4, 0.5) is 10.1 Å². The van der Waals surface area contributed by atoms with Gasteiger partial charge in [-0.3, -0.25) is 4.90 Å². The molecular formula is C16H17FN2. The summed E-state index contributed by atoms with van der Waals surface area (Å²) < 4.78 is 13.1. The second-order valence-electron chi connectivity index (χ2n) is 5.08. The summed E-state index contributed by atoms with van der Waals surface area (Å²) in [5.41, 5.74) is 3.68. The third-order valence-corrected chi connectivity index (χ3v) is 3.74. The average molecular weight is 256 g/mol. The summed E-state index contributed by atoms with van der Waals surface area (Å²) in [4.78, 5) is 4.52. The minimum atomic E-state index is -0.190. The molecule has 1 unspecified atom stereocenters. The summed E-state index contributed by atoms with van der Waals surface area (Å²) in [6.07, 6.45) is 0.149. The summed E-state index contributed by atoms with van der Waals surface area (Å²) in [5, 5.41) is 0. The Labute approximate surface area is 113 Å². The predicted molar refractivity (Wildman–Crippen MR) is 75.5 cm³/mol. The minimum Gasteiger partial charge on any atom is -0.355 e. The van der Waals surface area contributed by atoms with Gasteiger partial charge >= 0.3 is 0 Å². The molecule has 0 aromatic heterocycles. The van der Waals surface area contributed by atoms with Gasteiger partial charge < -0.3 is 4.90 Å². The first-order valence-corrected chi connectivity index (χ1v) is 6.43. The molecule has 0 amide bonds. The molecule has 0 saturated carbocycles. The molecule has 2 aromatic rings. The Bertz CT molecular complexity index is 580. The van der Waals surface area contributed by atoms with Gasteiger partial charge in [0, 0.05) is 19.3 Å². The van der Waals surface area contributed by atoms with Crippen LogP contribution in [0, 0.1) is 5.82 Å². The summed E-state index contributed by atoms with van der Waals surface area (Å²) in [7, 11) is 4.18. The number of para-hydroxylation sites is 1. The van der Waals surface area contributed by atoms with E-state index < -0.39 is 0 Å². The van der Waals surface area contributed by atoms with Crippen LogP contribution >= 0.6 is 0 Å². The fourth-order valence-electron chi connectivity index (χ4n) is 2.88. The van der Waals surface area contributed by atoms with Gasteiger partial charge in [0.05, 0.1) is 0 Å². The van der Waals surface area contributed by atoms with E-state index in [2.05, 4.69) is 48.2 Å². The van der Waals surface area contributed by atoms with Gasteiger partial charge in [0.2, 0.25) is 0 Å². The van der Waals surface area contributed by atoms with E-state index in [1.54, 1.807) is 0 Å². The topological polar surface area (TPSA) is 6.48 Å². The first kappa shape index (κ1) is 12.2. The zero-order valence-electron chi connectivity index (χ0n) is 11.2. The van der Waals surface area contributed by atoms with E-state index in [1.165, 1.54) is 23.4 Å². The highest BCUT2D eigenvalue weighted by molar-refractivity contribution is 5.56. The lowest BCUT2D eigenvalue weighted by molar-refractivity contribution is 0.221. The van der Waals surface area contributed by atoms with E-state index in [9.17, 15) is 4.39 Å². The summed E-state index contributed by atoms with van der Waals surface area (Å²) in [6.45, 7) is 0.905. The van der Waals surface area contributed by atoms with Crippen molar-refractivity contribution in [2.75, 3.05) is 19.0 Å². The van der Waals surface area contributed by atoms with Crippen molar-refractivity contribution in [3.63, 3.8) is 0 Å². The van der Waals surface area contributed by atoms with Crippen LogP contribution in [0.15, 0.2) is 48.5 Å². The van der Waals surface area contributed by atoms with E-state index in [-0.39, 0.29) is 12.0 Å². The van der Waals surface area contributed by atoms with Crippen molar-refractivity contribution in [2.45, 2.75) is 12.7 Å². The molecule has 0 fully saturated rings. The van der Waals surface area contributed by atoms with Gasteiger partial charge in [-0.05, 0) is 36.4 Å². The fourth-order valence-corrected chi connectivity index (χ4v) is 2.88. The molecule has 0 aliphatic carbocycles. The molecule has 1 atom stereocenters. The minimum absolute atomic E-state index is 0.149. The lowest BCUT2D eigenvalue weighted by Crippen LogP contribution is -2.41. The van der Waals surface area contributed by atoms with Gasteiger partial charge in [-0.1, -0.05) is 30.3 Å². The van der Waals surface area contributed by atoms with Crippen LogP contribution in [-0.2, 0) is 6.54 Å². The van der Waals surface area contributed by atoms with Crippen LogP contribution in [0.25, 0.3) is 0 Å². The Morgan fingerprint density at radius 2 is 1.68 bits per heavy atom. The van der Waals surface area contributed by atoms with Gasteiger partial charge in [0.25, 0.3) is 0 Å². The second-order valence-corrected chi connectivity index (χ2v) is 5.08. The van der Waals surface area contributed by atoms with Crippen LogP contribution in [0.5, 0.6) is 0 Å². The van der Waals surface area contributed by atoms with Gasteiger partial charge in [0.1, 0.15) is 12.0 Å². The van der Waals surface area contributed by atoms with Gasteiger partial charge in [-0.15, -0.1) is 0 Å². The Balaban J connectivity index is 2.01. The van der Waals surface area contributed by atoms with Crippen LogP contribution in [0.1, 0.15) is 17.3 Å². The van der Waals surface area contributed by atoms with Crippen LogP contribution in [-0.4, -0.2) is 19.0 Å². The molecule has 19 heavy (non-hydrogen) atoms. The molecule has 0 saturated heterocycles. The van der Waals surface area contributed by atoms with E-state index >= 15 is 0 Å². The molecule has 1 heterocycles. The SMILES string of the molecule is CN1Cc2ccccc2N(C)C1c1ccc(F)cc1. The molecule has 2 nitrogen and oxygen atoms in total. The third-order valence-electron chi connectivity index (χ3n) is 3.74. The zero-order valence-corrected chi connectivity index (χ0v) is 11.2. The third kappa shape index (κ3) is 2.10. The number of rotatable bonds is 1. The van der Waals surface area contributed by atoms with Crippen molar-refractivity contribution in [1.29, 1.82) is 0 Å². The maximum Gasteiger partial charge on any atom is 0.123 e. The fraction of sp³-hybridized carbons (Fsp3) is 0.250. The monoisotopic (exact) mass is 256 g/mol. The lowest BCUT2D eigenvalue weighted by Gasteiger charge is -2.42. The average Bonchev–Trinajstić information content (AvgIpc) is 2.41. The molecule has 3 heteroatoms. The van der Waals surface area contributed by atoms with Gasteiger partial charge in [-0.2, -0.15) is 0 Å². The summed E-state index contributed by atoms with van der Waals surface area (Å²) >= 11 is 0. The number of halogens is 1. The number of hydrogen-bond acceptors (Lipinski definition) is 2. The Hall–Kier alpha value is -1.87. The van der Waals surface area contributed by atoms with Gasteiger partial charge in [-0.25, -0.2) is 4.39 Å². The largest absolute Gasteiger partial charge is 0.355 e. The van der Waals surface area contributed by atoms with E-state index in [4.69, 9.17) is 0 Å². The molecule has 0 radical (unpaired) electrons. The summed E-state index contributed by atoms with van der Waals surface area (Å²) in [5.74, 6) is -0.190. The van der Waals surface area contributed by atoms with E-state index in [0.29, 0.717) is 0 Å². The molecule has 1 aliphatic heterocycles. The maximum absolute atomic E-state index is 13.1. The van der Waals surface area contributed by atoms with Crippen molar-refractivity contribution >= 4 is 5.69 Å². The standard InChI is InChI=1S/C16H17FN2/c1-18-11-13-5-3-4-6-15(13)19(2)16(18)12-7-9-14(17)10-8-12/h3-10,16H,11H2,1-2H3. The number of fused-ring (bicyclic) bond motifs is 1. The highest BCUT2D eigenvalue weighted by Crippen LogP contribution is 2.36. The zero-order chi connectivity index (χ0) is 13.4. The lowest BCUT2D eigenvalue weighted by atomic mass is 10.0. The van der Waals surface area contributed by atoms with Crippen LogP contribution < -0.4 is 4.90 Å². The highest BCUT2D eigenvalue weighted by atomic mass is 19.1. The quantitative estimate of drug-likeness (QED) is 0.771. The van der Waals surface area contributed by atoms with Gasteiger partial charge in [0.15, 0.2) is 0 Å². The molecule has 98 valence electrons. The predicted octanol–water partition coefficient (Wildman–Crippen LogP) is 3.41. The Kier molecular flexibility index (Phi) is 2.99. The number of nitrogens with zero attached hydrogens (tertiary/aromatic N) is 2. The molecule has 0 N–H and O–H groups in total. The maximum atomic E-state index is 13.1. The number of anilines is 1. The molecule has 3 rings (SSSR count). The van der Waals surface area contributed by atoms with Crippen molar-refractivity contribution in [3.05, 3.63) is 65.5 Å². The van der Waals surface area contributed by atoms with E-state index in [1.807, 2.05) is 12.1 Å². The molecule has 0 bridgehead atoms. The smallest absolute Gasteiger partial charge is 0.123 e. The number of benzene rings is 2. The number of hydrogen-bond donors (Lipinski definition) is 0. The molecule has 2 aromatic carbocycles. The Morgan fingerprint density at radius 1 is 1.00 bits per heavy atom. The van der Waals surface area contributed by atoms with Crippen LogP contribution in [0.3, 0.4) is 0 Å². The van der Waals surface area contributed by atoms with Crippen LogP contribution in [0.2, 0.25) is 0 Å². The normalized spacial score (nSPS) is 19.3. The summed E-state index contributed by atoms with van der Waals surface area (Å²) in [6, 6.07) is 15.2. The van der Waals surface area contributed by atoms with Crippen molar-refractivity contribution in [3.8, 4) is 0 Å². The molecule has 1 aliphatic rings. The van der Waals surface area contributed by atoms with E-state index in [0.717, 1.165) is 12.1 Å². The molecular weight excluding hydrogens is 239 g/mol.